The van der Waals surface area contributed by atoms with Crippen LogP contribution in [0.25, 0.3) is 0 Å². The van der Waals surface area contributed by atoms with Crippen LogP contribution in [-0.4, -0.2) is 0 Å². The van der Waals surface area contributed by atoms with Gasteiger partial charge >= 0.3 is 0 Å². The fraction of sp³-hybridized carbons (Fsp3) is 1.00. The van der Waals surface area contributed by atoms with Crippen molar-refractivity contribution in [3.63, 3.8) is 0 Å². The molecule has 0 heterocycles. The highest BCUT2D eigenvalue weighted by Crippen LogP contribution is 2.52. The number of hydrogen-bond donors (Lipinski definition) is 0. The Hall–Kier alpha value is 0. The van der Waals surface area contributed by atoms with E-state index in [1.54, 1.807) is 19.3 Å². The van der Waals surface area contributed by atoms with E-state index in [0.717, 1.165) is 71.0 Å². The molecule has 0 spiro atoms. The van der Waals surface area contributed by atoms with E-state index in [0.29, 0.717) is 0 Å². The van der Waals surface area contributed by atoms with Crippen molar-refractivity contribution in [2.24, 2.45) is 71.0 Å². The van der Waals surface area contributed by atoms with E-state index < -0.39 is 0 Å². The average Bonchev–Trinajstić information content (AvgIpc) is 3.42. The molecule has 156 valence electrons. The molecule has 0 radical (unpaired) electrons. The second-order valence-corrected chi connectivity index (χ2v) is 12.4. The maximum Gasteiger partial charge on any atom is -0.0360 e. The summed E-state index contributed by atoms with van der Waals surface area (Å²) < 4.78 is 0. The highest BCUT2D eigenvalue weighted by atomic mass is 14.5. The first-order valence-corrected chi connectivity index (χ1v) is 12.8. The zero-order chi connectivity index (χ0) is 19.3. The minimum Gasteiger partial charge on any atom is -0.0622 e. The van der Waals surface area contributed by atoms with E-state index in [1.807, 2.05) is 0 Å². The normalized spacial score (nSPS) is 56.7. The van der Waals surface area contributed by atoms with Crippen LogP contribution in [0.2, 0.25) is 0 Å². The van der Waals surface area contributed by atoms with E-state index in [2.05, 4.69) is 41.5 Å². The summed E-state index contributed by atoms with van der Waals surface area (Å²) in [6, 6.07) is 0. The van der Waals surface area contributed by atoms with Crippen LogP contribution in [0.15, 0.2) is 0 Å². The van der Waals surface area contributed by atoms with Crippen molar-refractivity contribution in [3.05, 3.63) is 0 Å². The Bertz CT molecular complexity index is 444. The Labute approximate surface area is 170 Å². The standard InChI is InChI=1S/3C9H16/c1-6-3-9-5-8(6)4-7(9)2;1-6-3-8-4-7(2)9(6)5-8;1-6-7(2)9-4-3-8(6)5-9/h3*6-9H,3-5H2,1-2H3. The molecule has 0 saturated heterocycles. The van der Waals surface area contributed by atoms with Gasteiger partial charge in [0.25, 0.3) is 0 Å². The van der Waals surface area contributed by atoms with Gasteiger partial charge in [0, 0.05) is 0 Å². The maximum absolute atomic E-state index is 2.44. The molecule has 0 nitrogen and oxygen atoms in total. The van der Waals surface area contributed by atoms with Gasteiger partial charge in [-0.1, -0.05) is 41.5 Å². The molecule has 6 saturated carbocycles. The summed E-state index contributed by atoms with van der Waals surface area (Å²) in [7, 11) is 0. The molecule has 6 aliphatic carbocycles. The van der Waals surface area contributed by atoms with Gasteiger partial charge in [-0.2, -0.15) is 0 Å². The van der Waals surface area contributed by atoms with Crippen LogP contribution in [-0.2, 0) is 0 Å². The quantitative estimate of drug-likeness (QED) is 0.403. The third kappa shape index (κ3) is 4.02. The largest absolute Gasteiger partial charge is 0.0622 e. The number of hydrogen-bond acceptors (Lipinski definition) is 0. The first-order valence-electron chi connectivity index (χ1n) is 12.8. The lowest BCUT2D eigenvalue weighted by molar-refractivity contribution is 0.259. The van der Waals surface area contributed by atoms with Gasteiger partial charge in [-0.15, -0.1) is 0 Å². The first kappa shape index (κ1) is 20.3. The fourth-order valence-corrected chi connectivity index (χ4v) is 8.82. The van der Waals surface area contributed by atoms with E-state index in [9.17, 15) is 0 Å². The summed E-state index contributed by atoms with van der Waals surface area (Å²) in [4.78, 5) is 0. The Morgan fingerprint density at radius 2 is 0.852 bits per heavy atom. The molecule has 0 N–H and O–H groups in total. The molecular weight excluding hydrogens is 324 g/mol. The Kier molecular flexibility index (Phi) is 6.03. The van der Waals surface area contributed by atoms with Gasteiger partial charge in [0.15, 0.2) is 0 Å². The van der Waals surface area contributed by atoms with Crippen molar-refractivity contribution < 1.29 is 0 Å². The third-order valence-electron chi connectivity index (χ3n) is 10.9. The summed E-state index contributed by atoms with van der Waals surface area (Å²) in [6.45, 7) is 14.6. The van der Waals surface area contributed by atoms with Crippen molar-refractivity contribution in [2.45, 2.75) is 99.3 Å². The van der Waals surface area contributed by atoms with Gasteiger partial charge in [-0.3, -0.25) is 0 Å². The summed E-state index contributed by atoms with van der Waals surface area (Å²) >= 11 is 0. The molecule has 10 unspecified atom stereocenters. The smallest absolute Gasteiger partial charge is 0.0360 e. The van der Waals surface area contributed by atoms with Crippen molar-refractivity contribution in [1.29, 1.82) is 0 Å². The van der Waals surface area contributed by atoms with Crippen LogP contribution in [0.4, 0.5) is 0 Å². The highest BCUT2D eigenvalue weighted by Gasteiger charge is 2.43. The second kappa shape index (κ2) is 8.02. The van der Waals surface area contributed by atoms with Gasteiger partial charge in [-0.25, -0.2) is 0 Å². The van der Waals surface area contributed by atoms with E-state index in [1.165, 1.54) is 38.5 Å². The molecule has 6 aliphatic rings. The number of fused-ring (bicyclic) bond motifs is 6. The molecule has 0 heteroatoms. The minimum absolute atomic E-state index is 1.05. The van der Waals surface area contributed by atoms with Crippen LogP contribution in [0.3, 0.4) is 0 Å². The topological polar surface area (TPSA) is 0 Å². The van der Waals surface area contributed by atoms with Crippen molar-refractivity contribution >= 4 is 0 Å². The molecule has 6 rings (SSSR count). The van der Waals surface area contributed by atoms with Gasteiger partial charge in [-0.05, 0) is 129 Å². The molecule has 0 aromatic carbocycles. The first-order chi connectivity index (χ1) is 12.8. The van der Waals surface area contributed by atoms with Crippen LogP contribution in [0.1, 0.15) is 99.3 Å². The van der Waals surface area contributed by atoms with Gasteiger partial charge < -0.3 is 0 Å². The Balaban J connectivity index is 0.0000001000. The van der Waals surface area contributed by atoms with Crippen LogP contribution in [0.5, 0.6) is 0 Å². The predicted octanol–water partition coefficient (Wildman–Crippen LogP) is 8.07. The zero-order valence-electron chi connectivity index (χ0n) is 19.3. The highest BCUT2D eigenvalue weighted by molar-refractivity contribution is 4.93. The maximum atomic E-state index is 2.44. The van der Waals surface area contributed by atoms with Crippen molar-refractivity contribution in [3.8, 4) is 0 Å². The summed E-state index contributed by atoms with van der Waals surface area (Å²) in [5.41, 5.74) is 0. The molecule has 0 aromatic heterocycles. The summed E-state index contributed by atoms with van der Waals surface area (Å²) in [5.74, 6) is 13.0. The monoisotopic (exact) mass is 372 g/mol. The SMILES string of the molecule is CC1C2CCC(C2)C1C.CC1CC2CC(C)C1C2.CC1CC2CC1CC2C. The van der Waals surface area contributed by atoms with Crippen molar-refractivity contribution in [2.75, 3.05) is 0 Å². The molecule has 27 heavy (non-hydrogen) atoms. The molecule has 6 bridgehead atoms. The Morgan fingerprint density at radius 3 is 1.07 bits per heavy atom. The summed E-state index contributed by atoms with van der Waals surface area (Å²) in [6.07, 6.45) is 13.9. The predicted molar refractivity (Wildman–Crippen MR) is 117 cm³/mol. The second-order valence-electron chi connectivity index (χ2n) is 12.4. The van der Waals surface area contributed by atoms with Gasteiger partial charge in [0.05, 0.1) is 0 Å². The number of rotatable bonds is 0. The van der Waals surface area contributed by atoms with E-state index in [4.69, 9.17) is 0 Å². The lowest BCUT2D eigenvalue weighted by atomic mass is 9.82. The molecular formula is C27H48. The fourth-order valence-electron chi connectivity index (χ4n) is 8.82. The Morgan fingerprint density at radius 1 is 0.407 bits per heavy atom. The van der Waals surface area contributed by atoms with Crippen molar-refractivity contribution in [1.82, 2.24) is 0 Å². The average molecular weight is 373 g/mol. The van der Waals surface area contributed by atoms with Crippen LogP contribution in [0, 0.1) is 71.0 Å². The molecule has 0 amide bonds. The van der Waals surface area contributed by atoms with E-state index in [-0.39, 0.29) is 0 Å². The summed E-state index contributed by atoms with van der Waals surface area (Å²) in [5, 5.41) is 0. The molecule has 10 atom stereocenters. The van der Waals surface area contributed by atoms with E-state index >= 15 is 0 Å². The van der Waals surface area contributed by atoms with Crippen LogP contribution < -0.4 is 0 Å². The molecule has 6 fully saturated rings. The lowest BCUT2D eigenvalue weighted by Gasteiger charge is -2.24. The van der Waals surface area contributed by atoms with Crippen LogP contribution >= 0.6 is 0 Å². The van der Waals surface area contributed by atoms with Gasteiger partial charge in [0.1, 0.15) is 0 Å². The zero-order valence-corrected chi connectivity index (χ0v) is 19.3. The molecule has 0 aromatic rings. The minimum atomic E-state index is 1.05. The third-order valence-corrected chi connectivity index (χ3v) is 10.9. The molecule has 0 aliphatic heterocycles. The lowest BCUT2D eigenvalue weighted by Crippen LogP contribution is -2.15. The van der Waals surface area contributed by atoms with Gasteiger partial charge in [0.2, 0.25) is 0 Å².